The predicted molar refractivity (Wildman–Crippen MR) is 94.1 cm³/mol. The summed E-state index contributed by atoms with van der Waals surface area (Å²) in [7, 11) is 0. The molecule has 120 valence electrons. The largest absolute Gasteiger partial charge is 0.490 e. The Hall–Kier alpha value is -2.00. The van der Waals surface area contributed by atoms with E-state index in [9.17, 15) is 0 Å². The molecular formula is C20H24N2O. The van der Waals surface area contributed by atoms with Gasteiger partial charge in [-0.1, -0.05) is 36.4 Å². The molecule has 0 bridgehead atoms. The van der Waals surface area contributed by atoms with E-state index in [1.54, 1.807) is 0 Å². The molecule has 0 amide bonds. The van der Waals surface area contributed by atoms with Gasteiger partial charge in [0.05, 0.1) is 0 Å². The first-order chi connectivity index (χ1) is 11.4. The zero-order valence-corrected chi connectivity index (χ0v) is 13.5. The molecule has 0 N–H and O–H groups in total. The van der Waals surface area contributed by atoms with Crippen LogP contribution in [0.2, 0.25) is 0 Å². The van der Waals surface area contributed by atoms with Gasteiger partial charge in [-0.05, 0) is 24.3 Å². The van der Waals surface area contributed by atoms with Crippen LogP contribution in [-0.2, 0) is 0 Å². The summed E-state index contributed by atoms with van der Waals surface area (Å²) in [6.45, 7) is 4.59. The van der Waals surface area contributed by atoms with E-state index >= 15 is 0 Å². The highest BCUT2D eigenvalue weighted by molar-refractivity contribution is 5.46. The van der Waals surface area contributed by atoms with Crippen molar-refractivity contribution >= 4 is 5.69 Å². The number of nitrogens with zero attached hydrogens (tertiary/aromatic N) is 2. The third kappa shape index (κ3) is 3.35. The maximum absolute atomic E-state index is 6.02. The van der Waals surface area contributed by atoms with E-state index in [1.807, 2.05) is 30.3 Å². The molecule has 3 nitrogen and oxygen atoms in total. The molecule has 1 saturated heterocycles. The second-order valence-corrected chi connectivity index (χ2v) is 6.54. The van der Waals surface area contributed by atoms with E-state index in [0.717, 1.165) is 31.9 Å². The Labute approximate surface area is 138 Å². The van der Waals surface area contributed by atoms with Crippen molar-refractivity contribution in [3.63, 3.8) is 0 Å². The topological polar surface area (TPSA) is 15.7 Å². The zero-order chi connectivity index (χ0) is 15.5. The first kappa shape index (κ1) is 14.6. The van der Waals surface area contributed by atoms with E-state index in [-0.39, 0.29) is 0 Å². The molecule has 3 heteroatoms. The fourth-order valence-electron chi connectivity index (χ4n) is 3.61. The quantitative estimate of drug-likeness (QED) is 0.861. The molecule has 2 aromatic carbocycles. The average molecular weight is 308 g/mol. The summed E-state index contributed by atoms with van der Waals surface area (Å²) in [4.78, 5) is 5.14. The zero-order valence-electron chi connectivity index (χ0n) is 13.5. The number of benzene rings is 2. The highest BCUT2D eigenvalue weighted by Gasteiger charge is 2.36. The summed E-state index contributed by atoms with van der Waals surface area (Å²) < 4.78 is 6.02. The second-order valence-electron chi connectivity index (χ2n) is 6.54. The molecule has 1 saturated carbocycles. The van der Waals surface area contributed by atoms with Crippen molar-refractivity contribution in [1.29, 1.82) is 0 Å². The molecule has 0 radical (unpaired) electrons. The monoisotopic (exact) mass is 308 g/mol. The van der Waals surface area contributed by atoms with Crippen molar-refractivity contribution in [1.82, 2.24) is 4.90 Å². The van der Waals surface area contributed by atoms with E-state index in [0.29, 0.717) is 12.1 Å². The Bertz CT molecular complexity index is 602. The summed E-state index contributed by atoms with van der Waals surface area (Å²) >= 11 is 0. The van der Waals surface area contributed by atoms with Crippen molar-refractivity contribution in [3.05, 3.63) is 60.7 Å². The normalized spacial score (nSPS) is 25.0. The molecular weight excluding hydrogens is 284 g/mol. The van der Waals surface area contributed by atoms with Crippen LogP contribution in [0.1, 0.15) is 12.8 Å². The van der Waals surface area contributed by atoms with Gasteiger partial charge in [0.15, 0.2) is 0 Å². The molecule has 1 aliphatic carbocycles. The summed E-state index contributed by atoms with van der Waals surface area (Å²) in [5, 5.41) is 0. The van der Waals surface area contributed by atoms with Crippen molar-refractivity contribution in [2.75, 3.05) is 31.1 Å². The minimum absolute atomic E-state index is 0.398. The molecule has 1 heterocycles. The van der Waals surface area contributed by atoms with Gasteiger partial charge >= 0.3 is 0 Å². The van der Waals surface area contributed by atoms with Crippen LogP contribution in [-0.4, -0.2) is 43.2 Å². The van der Waals surface area contributed by atoms with Crippen LogP contribution in [0.25, 0.3) is 0 Å². The maximum atomic E-state index is 6.02. The summed E-state index contributed by atoms with van der Waals surface area (Å²) in [5.74, 6) is 1.00. The second kappa shape index (κ2) is 6.63. The Morgan fingerprint density at radius 3 is 2.00 bits per heavy atom. The third-order valence-corrected chi connectivity index (χ3v) is 5.07. The van der Waals surface area contributed by atoms with Crippen molar-refractivity contribution in [2.45, 2.75) is 25.0 Å². The van der Waals surface area contributed by atoms with Crippen molar-refractivity contribution in [3.8, 4) is 5.75 Å². The molecule has 2 aromatic rings. The summed E-state index contributed by atoms with van der Waals surface area (Å²) in [6.07, 6.45) is 2.73. The number of para-hydroxylation sites is 2. The SMILES string of the molecule is c1ccc(OC2CC(N3CCN(c4ccccc4)CC3)C2)cc1. The maximum Gasteiger partial charge on any atom is 0.119 e. The van der Waals surface area contributed by atoms with E-state index in [1.165, 1.54) is 18.5 Å². The molecule has 1 aliphatic heterocycles. The van der Waals surface area contributed by atoms with Crippen LogP contribution >= 0.6 is 0 Å². The first-order valence-corrected chi connectivity index (χ1v) is 8.64. The smallest absolute Gasteiger partial charge is 0.119 e. The van der Waals surface area contributed by atoms with Gasteiger partial charge < -0.3 is 9.64 Å². The van der Waals surface area contributed by atoms with E-state index in [4.69, 9.17) is 4.74 Å². The summed E-state index contributed by atoms with van der Waals surface area (Å²) in [5.41, 5.74) is 1.35. The highest BCUT2D eigenvalue weighted by atomic mass is 16.5. The van der Waals surface area contributed by atoms with Gasteiger partial charge in [0.1, 0.15) is 11.9 Å². The first-order valence-electron chi connectivity index (χ1n) is 8.64. The Kier molecular flexibility index (Phi) is 4.20. The molecule has 2 aliphatic rings. The fourth-order valence-corrected chi connectivity index (χ4v) is 3.61. The van der Waals surface area contributed by atoms with Gasteiger partial charge in [0.2, 0.25) is 0 Å². The molecule has 0 atom stereocenters. The Morgan fingerprint density at radius 1 is 0.739 bits per heavy atom. The van der Waals surface area contributed by atoms with E-state index in [2.05, 4.69) is 40.1 Å². The average Bonchev–Trinajstić information content (AvgIpc) is 2.60. The Morgan fingerprint density at radius 2 is 1.35 bits per heavy atom. The van der Waals surface area contributed by atoms with Crippen LogP contribution in [0.3, 0.4) is 0 Å². The summed E-state index contributed by atoms with van der Waals surface area (Å²) in [6, 6.07) is 21.7. The molecule has 23 heavy (non-hydrogen) atoms. The van der Waals surface area contributed by atoms with Crippen molar-refractivity contribution < 1.29 is 4.74 Å². The van der Waals surface area contributed by atoms with Gasteiger partial charge in [-0.3, -0.25) is 4.90 Å². The van der Waals surface area contributed by atoms with Gasteiger partial charge in [-0.2, -0.15) is 0 Å². The van der Waals surface area contributed by atoms with E-state index < -0.39 is 0 Å². The van der Waals surface area contributed by atoms with Crippen molar-refractivity contribution in [2.24, 2.45) is 0 Å². The number of hydrogen-bond acceptors (Lipinski definition) is 3. The van der Waals surface area contributed by atoms with Gasteiger partial charge in [-0.15, -0.1) is 0 Å². The lowest BCUT2D eigenvalue weighted by atomic mass is 9.87. The predicted octanol–water partition coefficient (Wildman–Crippen LogP) is 3.42. The van der Waals surface area contributed by atoms with Gasteiger partial charge in [-0.25, -0.2) is 0 Å². The number of anilines is 1. The third-order valence-electron chi connectivity index (χ3n) is 5.07. The molecule has 2 fully saturated rings. The molecule has 4 rings (SSSR count). The minimum atomic E-state index is 0.398. The van der Waals surface area contributed by atoms with Crippen LogP contribution in [0.15, 0.2) is 60.7 Å². The molecule has 0 unspecified atom stereocenters. The standard InChI is InChI=1S/C20H24N2O/c1-3-7-17(8-4-1)21-11-13-22(14-12-21)18-15-20(16-18)23-19-9-5-2-6-10-19/h1-10,18,20H,11-16H2. The molecule has 0 aromatic heterocycles. The molecule has 0 spiro atoms. The van der Waals surface area contributed by atoms with Gasteiger partial charge in [0, 0.05) is 50.7 Å². The number of ether oxygens (including phenoxy) is 1. The minimum Gasteiger partial charge on any atom is -0.490 e. The lowest BCUT2D eigenvalue weighted by Crippen LogP contribution is -2.56. The lowest BCUT2D eigenvalue weighted by molar-refractivity contribution is 0.0148. The van der Waals surface area contributed by atoms with Crippen LogP contribution < -0.4 is 9.64 Å². The number of piperazine rings is 1. The van der Waals surface area contributed by atoms with Crippen LogP contribution in [0.5, 0.6) is 5.75 Å². The fraction of sp³-hybridized carbons (Fsp3) is 0.400. The lowest BCUT2D eigenvalue weighted by Gasteiger charge is -2.46. The van der Waals surface area contributed by atoms with Crippen LogP contribution in [0.4, 0.5) is 5.69 Å². The van der Waals surface area contributed by atoms with Gasteiger partial charge in [0.25, 0.3) is 0 Å². The Balaban J connectivity index is 1.23. The van der Waals surface area contributed by atoms with Crippen LogP contribution in [0, 0.1) is 0 Å². The highest BCUT2D eigenvalue weighted by Crippen LogP contribution is 2.30. The number of hydrogen-bond donors (Lipinski definition) is 0. The number of rotatable bonds is 4.